The van der Waals surface area contributed by atoms with E-state index in [2.05, 4.69) is 34.4 Å². The summed E-state index contributed by atoms with van der Waals surface area (Å²) >= 11 is 0. The van der Waals surface area contributed by atoms with Gasteiger partial charge in [0, 0.05) is 39.3 Å². The first-order valence-corrected chi connectivity index (χ1v) is 8.33. The highest BCUT2D eigenvalue weighted by Crippen LogP contribution is 2.12. The molecule has 1 aliphatic rings. The van der Waals surface area contributed by atoms with E-state index in [1.165, 1.54) is 7.11 Å². The summed E-state index contributed by atoms with van der Waals surface area (Å²) in [6, 6.07) is 0.426. The SMILES string of the molecule is CN=C(NCC(C)C(=O)OC)NCC(C(C)C)N1CCOCC1.I. The molecule has 2 N–H and O–H groups in total. The molecule has 0 radical (unpaired) electrons. The molecule has 0 aromatic rings. The van der Waals surface area contributed by atoms with Crippen molar-refractivity contribution >= 4 is 35.9 Å². The minimum absolute atomic E-state index is 0. The van der Waals surface area contributed by atoms with Crippen molar-refractivity contribution in [2.75, 3.05) is 53.6 Å². The predicted molar refractivity (Wildman–Crippen MR) is 107 cm³/mol. The third-order valence-electron chi connectivity index (χ3n) is 4.17. The number of hydrogen-bond donors (Lipinski definition) is 2. The second-order valence-corrected chi connectivity index (χ2v) is 6.22. The topological polar surface area (TPSA) is 75.2 Å². The Morgan fingerprint density at radius 3 is 2.29 bits per heavy atom. The Labute approximate surface area is 162 Å². The average molecular weight is 456 g/mol. The Kier molecular flexibility index (Phi) is 12.4. The Hall–Kier alpha value is -0.610. The number of rotatable bonds is 7. The van der Waals surface area contributed by atoms with E-state index in [0.29, 0.717) is 24.5 Å². The van der Waals surface area contributed by atoms with Gasteiger partial charge in [0.15, 0.2) is 5.96 Å². The Morgan fingerprint density at radius 2 is 1.79 bits per heavy atom. The summed E-state index contributed by atoms with van der Waals surface area (Å²) in [7, 11) is 3.14. The van der Waals surface area contributed by atoms with Gasteiger partial charge < -0.3 is 20.1 Å². The molecule has 1 fully saturated rings. The zero-order valence-corrected chi connectivity index (χ0v) is 17.8. The minimum atomic E-state index is -0.221. The maximum absolute atomic E-state index is 11.4. The summed E-state index contributed by atoms with van der Waals surface area (Å²) in [6.07, 6.45) is 0. The third-order valence-corrected chi connectivity index (χ3v) is 4.17. The second-order valence-electron chi connectivity index (χ2n) is 6.22. The smallest absolute Gasteiger partial charge is 0.310 e. The monoisotopic (exact) mass is 456 g/mol. The lowest BCUT2D eigenvalue weighted by Gasteiger charge is -2.37. The Bertz CT molecular complexity index is 388. The Balaban J connectivity index is 0.00000529. The summed E-state index contributed by atoms with van der Waals surface area (Å²) < 4.78 is 10.2. The normalized spacial score (nSPS) is 18.5. The van der Waals surface area contributed by atoms with Gasteiger partial charge in [-0.3, -0.25) is 14.7 Å². The van der Waals surface area contributed by atoms with Crippen LogP contribution in [0.3, 0.4) is 0 Å². The number of esters is 1. The van der Waals surface area contributed by atoms with Gasteiger partial charge >= 0.3 is 5.97 Å². The molecule has 0 aliphatic carbocycles. The molecule has 142 valence electrons. The number of ether oxygens (including phenoxy) is 2. The standard InChI is InChI=1S/C16H32N4O3.HI/c1-12(2)14(20-6-8-23-9-7-20)11-19-16(17-4)18-10-13(3)15(21)22-5;/h12-14H,6-11H2,1-5H3,(H2,17,18,19);1H. The number of halogens is 1. The van der Waals surface area contributed by atoms with Crippen molar-refractivity contribution in [1.82, 2.24) is 15.5 Å². The highest BCUT2D eigenvalue weighted by molar-refractivity contribution is 14.0. The average Bonchev–Trinajstić information content (AvgIpc) is 2.57. The zero-order chi connectivity index (χ0) is 17.2. The van der Waals surface area contributed by atoms with Crippen LogP contribution in [0.2, 0.25) is 0 Å². The van der Waals surface area contributed by atoms with Gasteiger partial charge in [0.05, 0.1) is 26.2 Å². The highest BCUT2D eigenvalue weighted by atomic mass is 127. The van der Waals surface area contributed by atoms with Gasteiger partial charge in [0.25, 0.3) is 0 Å². The molecule has 0 aromatic heterocycles. The van der Waals surface area contributed by atoms with E-state index in [-0.39, 0.29) is 35.9 Å². The maximum atomic E-state index is 11.4. The number of morpholine rings is 1. The molecule has 0 amide bonds. The van der Waals surface area contributed by atoms with E-state index in [1.807, 2.05) is 6.92 Å². The number of aliphatic imine (C=N–C) groups is 1. The Morgan fingerprint density at radius 1 is 1.21 bits per heavy atom. The summed E-state index contributed by atoms with van der Waals surface area (Å²) in [5, 5.41) is 6.54. The summed E-state index contributed by atoms with van der Waals surface area (Å²) in [6.45, 7) is 11.1. The quantitative estimate of drug-likeness (QED) is 0.257. The van der Waals surface area contributed by atoms with Crippen LogP contribution in [0.15, 0.2) is 4.99 Å². The fraction of sp³-hybridized carbons (Fsp3) is 0.875. The molecule has 0 aromatic carbocycles. The molecule has 0 saturated carbocycles. The van der Waals surface area contributed by atoms with Crippen LogP contribution in [0.25, 0.3) is 0 Å². The maximum Gasteiger partial charge on any atom is 0.310 e. The lowest BCUT2D eigenvalue weighted by molar-refractivity contribution is -0.144. The van der Waals surface area contributed by atoms with E-state index in [9.17, 15) is 4.79 Å². The van der Waals surface area contributed by atoms with Crippen LogP contribution in [0.4, 0.5) is 0 Å². The van der Waals surface area contributed by atoms with Crippen molar-refractivity contribution in [3.63, 3.8) is 0 Å². The highest BCUT2D eigenvalue weighted by Gasteiger charge is 2.24. The van der Waals surface area contributed by atoms with Crippen LogP contribution in [-0.4, -0.2) is 76.4 Å². The number of carbonyl (C=O) groups is 1. The van der Waals surface area contributed by atoms with Gasteiger partial charge in [-0.25, -0.2) is 0 Å². The lowest BCUT2D eigenvalue weighted by atomic mass is 10.0. The van der Waals surface area contributed by atoms with Gasteiger partial charge in [-0.05, 0) is 5.92 Å². The second kappa shape index (κ2) is 12.7. The molecule has 2 unspecified atom stereocenters. The number of guanidine groups is 1. The summed E-state index contributed by atoms with van der Waals surface area (Å²) in [5.74, 6) is 0.812. The first-order chi connectivity index (χ1) is 11.0. The van der Waals surface area contributed by atoms with Gasteiger partial charge in [-0.2, -0.15) is 0 Å². The van der Waals surface area contributed by atoms with Crippen LogP contribution in [0.1, 0.15) is 20.8 Å². The minimum Gasteiger partial charge on any atom is -0.469 e. The van der Waals surface area contributed by atoms with E-state index in [4.69, 9.17) is 9.47 Å². The van der Waals surface area contributed by atoms with Crippen LogP contribution >= 0.6 is 24.0 Å². The van der Waals surface area contributed by atoms with Gasteiger partial charge in [0.1, 0.15) is 0 Å². The number of hydrogen-bond acceptors (Lipinski definition) is 5. The lowest BCUT2D eigenvalue weighted by Crippen LogP contribution is -2.53. The first kappa shape index (κ1) is 23.4. The first-order valence-electron chi connectivity index (χ1n) is 8.33. The fourth-order valence-corrected chi connectivity index (χ4v) is 2.65. The molecule has 24 heavy (non-hydrogen) atoms. The fourth-order valence-electron chi connectivity index (χ4n) is 2.65. The molecular formula is C16H33IN4O3. The summed E-state index contributed by atoms with van der Waals surface area (Å²) in [5.41, 5.74) is 0. The number of nitrogens with one attached hydrogen (secondary N) is 2. The van der Waals surface area contributed by atoms with Crippen LogP contribution in [0.5, 0.6) is 0 Å². The van der Waals surface area contributed by atoms with Crippen LogP contribution in [0, 0.1) is 11.8 Å². The van der Waals surface area contributed by atoms with Crippen molar-refractivity contribution in [2.24, 2.45) is 16.8 Å². The van der Waals surface area contributed by atoms with Crippen molar-refractivity contribution in [2.45, 2.75) is 26.8 Å². The summed E-state index contributed by atoms with van der Waals surface area (Å²) in [4.78, 5) is 18.1. The molecule has 2 atom stereocenters. The molecule has 1 aliphatic heterocycles. The number of nitrogens with zero attached hydrogens (tertiary/aromatic N) is 2. The molecule has 1 heterocycles. The predicted octanol–water partition coefficient (Wildman–Crippen LogP) is 0.935. The van der Waals surface area contributed by atoms with E-state index < -0.39 is 0 Å². The van der Waals surface area contributed by atoms with Crippen molar-refractivity contribution in [3.05, 3.63) is 0 Å². The van der Waals surface area contributed by atoms with Gasteiger partial charge in [0.2, 0.25) is 0 Å². The van der Waals surface area contributed by atoms with Gasteiger partial charge in [-0.15, -0.1) is 24.0 Å². The number of methoxy groups -OCH3 is 1. The zero-order valence-electron chi connectivity index (χ0n) is 15.5. The molecule has 8 heteroatoms. The molecule has 1 saturated heterocycles. The molecule has 7 nitrogen and oxygen atoms in total. The van der Waals surface area contributed by atoms with Crippen LogP contribution < -0.4 is 10.6 Å². The van der Waals surface area contributed by atoms with E-state index in [1.54, 1.807) is 7.05 Å². The molecule has 0 bridgehead atoms. The van der Waals surface area contributed by atoms with Crippen molar-refractivity contribution in [3.8, 4) is 0 Å². The number of carbonyl (C=O) groups excluding carboxylic acids is 1. The third kappa shape index (κ3) is 7.98. The van der Waals surface area contributed by atoms with E-state index >= 15 is 0 Å². The van der Waals surface area contributed by atoms with Crippen molar-refractivity contribution in [1.29, 1.82) is 0 Å². The molecule has 1 rings (SSSR count). The molecule has 0 spiro atoms. The van der Waals surface area contributed by atoms with Gasteiger partial charge in [-0.1, -0.05) is 20.8 Å². The molecular weight excluding hydrogens is 423 g/mol. The van der Waals surface area contributed by atoms with E-state index in [0.717, 1.165) is 32.8 Å². The van der Waals surface area contributed by atoms with Crippen LogP contribution in [-0.2, 0) is 14.3 Å². The van der Waals surface area contributed by atoms with Crippen molar-refractivity contribution < 1.29 is 14.3 Å². The largest absolute Gasteiger partial charge is 0.469 e.